The highest BCUT2D eigenvalue weighted by atomic mass is 16.7. The average Bonchev–Trinajstić information content (AvgIpc) is 3.40. The highest BCUT2D eigenvalue weighted by Crippen LogP contribution is 2.70. The third-order valence-corrected chi connectivity index (χ3v) is 12.1. The number of esters is 1. The lowest BCUT2D eigenvalue weighted by molar-refractivity contribution is -0.317. The van der Waals surface area contributed by atoms with Crippen LogP contribution in [0.3, 0.4) is 0 Å². The number of cyclic esters (lactones) is 1. The molecule has 10 nitrogen and oxygen atoms in total. The van der Waals surface area contributed by atoms with Gasteiger partial charge in [-0.25, -0.2) is 4.79 Å². The number of hydrogen-bond acceptors (Lipinski definition) is 10. The molecule has 0 aromatic heterocycles. The van der Waals surface area contributed by atoms with Gasteiger partial charge in [-0.2, -0.15) is 0 Å². The molecule has 0 aromatic carbocycles. The second-order valence-electron chi connectivity index (χ2n) is 13.7. The van der Waals surface area contributed by atoms with Gasteiger partial charge in [0.2, 0.25) is 0 Å². The summed E-state index contributed by atoms with van der Waals surface area (Å²) < 4.78 is 16.9. The molecule has 4 aliphatic carbocycles. The lowest BCUT2D eigenvalue weighted by atomic mass is 9.43. The number of carbonyl (C=O) groups excluding carboxylic acids is 1. The number of hydrogen-bond donors (Lipinski definition) is 6. The van der Waals surface area contributed by atoms with Crippen LogP contribution in [-0.4, -0.2) is 98.3 Å². The first-order chi connectivity index (χ1) is 18.4. The molecule has 0 bridgehead atoms. The van der Waals surface area contributed by atoms with Crippen LogP contribution in [0.5, 0.6) is 0 Å². The fourth-order valence-corrected chi connectivity index (χ4v) is 9.94. The Bertz CT molecular complexity index is 1000. The Morgan fingerprint density at radius 2 is 1.77 bits per heavy atom. The van der Waals surface area contributed by atoms with E-state index in [1.54, 1.807) is 0 Å². The van der Waals surface area contributed by atoms with E-state index in [2.05, 4.69) is 13.8 Å². The third kappa shape index (κ3) is 4.08. The minimum absolute atomic E-state index is 0.00996. The third-order valence-electron chi connectivity index (χ3n) is 12.1. The van der Waals surface area contributed by atoms with Crippen molar-refractivity contribution in [2.45, 2.75) is 114 Å². The molecule has 39 heavy (non-hydrogen) atoms. The lowest BCUT2D eigenvalue weighted by Crippen LogP contribution is -2.63. The van der Waals surface area contributed by atoms with Crippen LogP contribution >= 0.6 is 0 Å². The van der Waals surface area contributed by atoms with Crippen molar-refractivity contribution in [1.29, 1.82) is 0 Å². The number of carbonyl (C=O) groups is 1. The van der Waals surface area contributed by atoms with Crippen LogP contribution < -0.4 is 0 Å². The number of aliphatic hydroxyl groups is 6. The molecule has 0 spiro atoms. The van der Waals surface area contributed by atoms with Gasteiger partial charge >= 0.3 is 5.97 Å². The predicted octanol–water partition coefficient (Wildman–Crippen LogP) is 0.399. The highest BCUT2D eigenvalue weighted by molar-refractivity contribution is 5.85. The van der Waals surface area contributed by atoms with Crippen LogP contribution in [0.15, 0.2) is 11.6 Å². The van der Waals surface area contributed by atoms with Crippen molar-refractivity contribution < 1.29 is 49.6 Å². The lowest BCUT2D eigenvalue weighted by Gasteiger charge is -2.63. The molecule has 1 saturated heterocycles. The van der Waals surface area contributed by atoms with E-state index in [-0.39, 0.29) is 35.9 Å². The van der Waals surface area contributed by atoms with Gasteiger partial charge < -0.3 is 44.8 Å². The smallest absolute Gasteiger partial charge is 0.331 e. The summed E-state index contributed by atoms with van der Waals surface area (Å²) >= 11 is 0. The Kier molecular flexibility index (Phi) is 6.99. The van der Waals surface area contributed by atoms with Crippen molar-refractivity contribution in [2.75, 3.05) is 13.2 Å². The molecule has 0 amide bonds. The molecule has 2 heterocycles. The molecule has 10 heteroatoms. The summed E-state index contributed by atoms with van der Waals surface area (Å²) in [7, 11) is 0. The molecule has 2 aliphatic heterocycles. The molecular weight excluding hydrogens is 508 g/mol. The predicted molar refractivity (Wildman–Crippen MR) is 136 cm³/mol. The van der Waals surface area contributed by atoms with Crippen molar-refractivity contribution in [3.63, 3.8) is 0 Å². The maximum atomic E-state index is 12.4. The van der Waals surface area contributed by atoms with Crippen LogP contribution in [-0.2, 0) is 19.0 Å². The van der Waals surface area contributed by atoms with E-state index in [1.807, 2.05) is 0 Å². The average molecular weight is 553 g/mol. The Morgan fingerprint density at radius 1 is 1.00 bits per heavy atom. The topological polar surface area (TPSA) is 166 Å². The first-order valence-electron chi connectivity index (χ1n) is 14.7. The summed E-state index contributed by atoms with van der Waals surface area (Å²) in [6, 6.07) is 0. The van der Waals surface area contributed by atoms with E-state index in [0.29, 0.717) is 18.3 Å². The van der Waals surface area contributed by atoms with Gasteiger partial charge in [0.15, 0.2) is 6.29 Å². The summed E-state index contributed by atoms with van der Waals surface area (Å²) in [4.78, 5) is 11.8. The normalized spacial score (nSPS) is 55.3. The first-order valence-corrected chi connectivity index (χ1v) is 14.7. The molecular formula is C29H44O10. The van der Waals surface area contributed by atoms with Gasteiger partial charge in [0.05, 0.1) is 24.4 Å². The van der Waals surface area contributed by atoms with Crippen LogP contribution in [0.4, 0.5) is 0 Å². The van der Waals surface area contributed by atoms with Crippen molar-refractivity contribution in [1.82, 2.24) is 0 Å². The quantitative estimate of drug-likeness (QED) is 0.212. The van der Waals surface area contributed by atoms with Crippen LogP contribution in [0.2, 0.25) is 0 Å². The Balaban J connectivity index is 1.17. The van der Waals surface area contributed by atoms with Gasteiger partial charge in [-0.15, -0.1) is 0 Å². The van der Waals surface area contributed by atoms with Crippen LogP contribution in [0, 0.1) is 34.5 Å². The fraction of sp³-hybridized carbons (Fsp3) is 0.897. The maximum absolute atomic E-state index is 12.4. The molecule has 14 atom stereocenters. The Labute approximate surface area is 229 Å². The molecule has 4 saturated carbocycles. The van der Waals surface area contributed by atoms with Crippen molar-refractivity contribution in [2.24, 2.45) is 34.5 Å². The standard InChI is InChI=1S/C29H44O10/c1-27-7-5-16(38-26-25(35)24(34)23(33)20(12-30)39-26)10-15(27)3-4-18-17(27)6-8-28(2)22(14-9-21(32)37-13-14)19(31)11-29(18,28)36/h9,15-20,22-26,30-31,33-36H,3-8,10-13H2,1-2H3. The molecule has 0 radical (unpaired) electrons. The number of rotatable bonds is 4. The van der Waals surface area contributed by atoms with Gasteiger partial charge in [0.25, 0.3) is 0 Å². The summed E-state index contributed by atoms with van der Waals surface area (Å²) in [5.41, 5.74) is -0.760. The van der Waals surface area contributed by atoms with Gasteiger partial charge in [0, 0.05) is 23.8 Å². The van der Waals surface area contributed by atoms with Crippen molar-refractivity contribution in [3.05, 3.63) is 11.6 Å². The van der Waals surface area contributed by atoms with Gasteiger partial charge in [0.1, 0.15) is 31.0 Å². The number of aliphatic hydroxyl groups excluding tert-OH is 5. The largest absolute Gasteiger partial charge is 0.458 e. The monoisotopic (exact) mass is 552 g/mol. The van der Waals surface area contributed by atoms with Gasteiger partial charge in [-0.3, -0.25) is 0 Å². The molecule has 14 unspecified atom stereocenters. The zero-order valence-corrected chi connectivity index (χ0v) is 22.8. The van der Waals surface area contributed by atoms with E-state index < -0.39 is 54.4 Å². The van der Waals surface area contributed by atoms with Gasteiger partial charge in [-0.05, 0) is 73.7 Å². The second kappa shape index (κ2) is 9.73. The Morgan fingerprint density at radius 3 is 2.46 bits per heavy atom. The number of fused-ring (bicyclic) bond motifs is 5. The summed E-state index contributed by atoms with van der Waals surface area (Å²) in [6.07, 6.45) is 0.361. The molecule has 220 valence electrons. The second-order valence-corrected chi connectivity index (χ2v) is 13.7. The van der Waals surface area contributed by atoms with E-state index in [9.17, 15) is 35.4 Å². The van der Waals surface area contributed by atoms with Gasteiger partial charge in [-0.1, -0.05) is 13.8 Å². The zero-order valence-electron chi connectivity index (χ0n) is 22.8. The minimum atomic E-state index is -1.46. The fourth-order valence-electron chi connectivity index (χ4n) is 9.94. The molecule has 6 rings (SSSR count). The maximum Gasteiger partial charge on any atom is 0.331 e. The van der Waals surface area contributed by atoms with E-state index in [0.717, 1.165) is 50.5 Å². The zero-order chi connectivity index (χ0) is 27.9. The Hall–Kier alpha value is -1.11. The minimum Gasteiger partial charge on any atom is -0.458 e. The highest BCUT2D eigenvalue weighted by Gasteiger charge is 2.70. The van der Waals surface area contributed by atoms with E-state index in [4.69, 9.17) is 14.2 Å². The van der Waals surface area contributed by atoms with E-state index in [1.165, 1.54) is 6.08 Å². The summed E-state index contributed by atoms with van der Waals surface area (Å²) in [5.74, 6) is 0.0346. The summed E-state index contributed by atoms with van der Waals surface area (Å²) in [6.45, 7) is 4.13. The van der Waals surface area contributed by atoms with Crippen LogP contribution in [0.1, 0.15) is 65.2 Å². The molecule has 0 aromatic rings. The molecule has 6 N–H and O–H groups in total. The first kappa shape index (κ1) is 28.0. The summed E-state index contributed by atoms with van der Waals surface area (Å²) in [5, 5.41) is 63.8. The van der Waals surface area contributed by atoms with E-state index >= 15 is 0 Å². The van der Waals surface area contributed by atoms with Crippen LogP contribution in [0.25, 0.3) is 0 Å². The SMILES string of the molecule is CC12CCC(OC3OC(CO)C(O)C(O)C3O)CC1CCC1C2CCC2(C)C(C3=CC(=O)OC3)C(O)CC12O. The molecule has 5 fully saturated rings. The number of ether oxygens (including phenoxy) is 3. The van der Waals surface area contributed by atoms with Crippen molar-refractivity contribution in [3.8, 4) is 0 Å². The van der Waals surface area contributed by atoms with Crippen molar-refractivity contribution >= 4 is 5.97 Å². The molecule has 6 aliphatic rings.